The second-order valence-corrected chi connectivity index (χ2v) is 5.36. The molecule has 4 heteroatoms. The van der Waals surface area contributed by atoms with Gasteiger partial charge in [-0.2, -0.15) is 0 Å². The highest BCUT2D eigenvalue weighted by atomic mass is 16.5. The first-order chi connectivity index (χ1) is 9.08. The zero-order chi connectivity index (χ0) is 13.8. The van der Waals surface area contributed by atoms with E-state index in [-0.39, 0.29) is 5.75 Å². The zero-order valence-corrected chi connectivity index (χ0v) is 11.7. The van der Waals surface area contributed by atoms with Crippen molar-refractivity contribution < 1.29 is 14.9 Å². The van der Waals surface area contributed by atoms with Gasteiger partial charge in [-0.05, 0) is 31.7 Å². The third-order valence-corrected chi connectivity index (χ3v) is 3.78. The Labute approximate surface area is 114 Å². The molecule has 1 fully saturated rings. The fourth-order valence-electron chi connectivity index (χ4n) is 2.54. The van der Waals surface area contributed by atoms with Crippen LogP contribution in [0.4, 0.5) is 5.69 Å². The van der Waals surface area contributed by atoms with Crippen LogP contribution in [0.15, 0.2) is 18.2 Å². The maximum atomic E-state index is 9.91. The van der Waals surface area contributed by atoms with Crippen LogP contribution >= 0.6 is 0 Å². The average Bonchev–Trinajstić information content (AvgIpc) is 2.39. The Hall–Kier alpha value is -1.26. The molecule has 1 saturated heterocycles. The van der Waals surface area contributed by atoms with Gasteiger partial charge in [0.05, 0.1) is 6.10 Å². The minimum atomic E-state index is -0.644. The van der Waals surface area contributed by atoms with Crippen molar-refractivity contribution in [1.82, 2.24) is 0 Å². The predicted octanol–water partition coefficient (Wildman–Crippen LogP) is 2.31. The van der Waals surface area contributed by atoms with Crippen LogP contribution in [0.2, 0.25) is 0 Å². The van der Waals surface area contributed by atoms with Gasteiger partial charge in [0.15, 0.2) is 0 Å². The summed E-state index contributed by atoms with van der Waals surface area (Å²) in [7, 11) is 2.03. The molecule has 1 unspecified atom stereocenters. The lowest BCUT2D eigenvalue weighted by atomic mass is 9.99. The van der Waals surface area contributed by atoms with E-state index in [1.807, 2.05) is 13.1 Å². The van der Waals surface area contributed by atoms with Crippen molar-refractivity contribution in [2.24, 2.45) is 5.92 Å². The van der Waals surface area contributed by atoms with Crippen molar-refractivity contribution in [3.05, 3.63) is 23.8 Å². The molecule has 1 aliphatic rings. The lowest BCUT2D eigenvalue weighted by Crippen LogP contribution is -2.29. The molecule has 0 saturated carbocycles. The number of hydrogen-bond acceptors (Lipinski definition) is 4. The van der Waals surface area contributed by atoms with Gasteiger partial charge >= 0.3 is 0 Å². The summed E-state index contributed by atoms with van der Waals surface area (Å²) in [6, 6.07) is 5.46. The number of benzene rings is 1. The molecule has 0 aliphatic carbocycles. The summed E-state index contributed by atoms with van der Waals surface area (Å²) in [4.78, 5) is 2.15. The number of ether oxygens (including phenoxy) is 1. The summed E-state index contributed by atoms with van der Waals surface area (Å²) in [5.74, 6) is 0.809. The molecule has 1 atom stereocenters. The van der Waals surface area contributed by atoms with Crippen LogP contribution in [-0.2, 0) is 4.74 Å². The number of phenolic OH excluding ortho intramolecular Hbond substituents is 1. The highest BCUT2D eigenvalue weighted by molar-refractivity contribution is 5.53. The van der Waals surface area contributed by atoms with E-state index in [1.54, 1.807) is 19.1 Å². The maximum absolute atomic E-state index is 9.91. The Morgan fingerprint density at radius 1 is 1.37 bits per heavy atom. The van der Waals surface area contributed by atoms with E-state index in [2.05, 4.69) is 4.90 Å². The number of rotatable bonds is 4. The summed E-state index contributed by atoms with van der Waals surface area (Å²) in [5.41, 5.74) is 1.55. The van der Waals surface area contributed by atoms with Crippen LogP contribution in [0.3, 0.4) is 0 Å². The van der Waals surface area contributed by atoms with Gasteiger partial charge in [-0.15, -0.1) is 0 Å². The summed E-state index contributed by atoms with van der Waals surface area (Å²) < 4.78 is 5.36. The Morgan fingerprint density at radius 3 is 2.63 bits per heavy atom. The molecule has 1 heterocycles. The largest absolute Gasteiger partial charge is 0.507 e. The van der Waals surface area contributed by atoms with Crippen LogP contribution in [0.25, 0.3) is 0 Å². The second-order valence-electron chi connectivity index (χ2n) is 5.36. The normalized spacial score (nSPS) is 18.3. The molecule has 1 aliphatic heterocycles. The highest BCUT2D eigenvalue weighted by Crippen LogP contribution is 2.29. The molecular weight excluding hydrogens is 242 g/mol. The molecule has 0 aromatic heterocycles. The van der Waals surface area contributed by atoms with Crippen molar-refractivity contribution in [1.29, 1.82) is 0 Å². The Balaban J connectivity index is 2.02. The summed E-state index contributed by atoms with van der Waals surface area (Å²) >= 11 is 0. The molecule has 19 heavy (non-hydrogen) atoms. The number of nitrogens with zero attached hydrogens (tertiary/aromatic N) is 1. The Bertz CT molecular complexity index is 414. The molecule has 106 valence electrons. The van der Waals surface area contributed by atoms with Crippen molar-refractivity contribution in [3.63, 3.8) is 0 Å². The lowest BCUT2D eigenvalue weighted by Gasteiger charge is -2.28. The van der Waals surface area contributed by atoms with Gasteiger partial charge in [-0.25, -0.2) is 0 Å². The van der Waals surface area contributed by atoms with E-state index in [1.165, 1.54) is 0 Å². The van der Waals surface area contributed by atoms with Crippen molar-refractivity contribution in [2.45, 2.75) is 25.9 Å². The van der Waals surface area contributed by atoms with Gasteiger partial charge in [-0.1, -0.05) is 6.07 Å². The molecule has 0 amide bonds. The molecule has 2 N–H and O–H groups in total. The number of aliphatic hydroxyl groups excluding tert-OH is 1. The highest BCUT2D eigenvalue weighted by Gasteiger charge is 2.17. The second kappa shape index (κ2) is 6.26. The van der Waals surface area contributed by atoms with E-state index >= 15 is 0 Å². The fraction of sp³-hybridized carbons (Fsp3) is 0.600. The number of hydrogen-bond donors (Lipinski definition) is 2. The van der Waals surface area contributed by atoms with Gasteiger partial charge in [0.2, 0.25) is 0 Å². The molecular formula is C15H23NO3. The van der Waals surface area contributed by atoms with E-state index in [0.29, 0.717) is 11.5 Å². The molecule has 1 aromatic rings. The zero-order valence-electron chi connectivity index (χ0n) is 11.7. The van der Waals surface area contributed by atoms with Crippen LogP contribution in [0, 0.1) is 5.92 Å². The average molecular weight is 265 g/mol. The molecule has 4 nitrogen and oxygen atoms in total. The summed E-state index contributed by atoms with van der Waals surface area (Å²) in [5, 5.41) is 19.4. The number of phenols is 1. The minimum Gasteiger partial charge on any atom is -0.507 e. The van der Waals surface area contributed by atoms with Gasteiger partial charge in [0, 0.05) is 44.1 Å². The topological polar surface area (TPSA) is 52.9 Å². The summed E-state index contributed by atoms with van der Waals surface area (Å²) in [6.45, 7) is 4.33. The van der Waals surface area contributed by atoms with Crippen molar-refractivity contribution in [2.75, 3.05) is 31.7 Å². The number of aliphatic hydroxyl groups is 1. The molecule has 0 radical (unpaired) electrons. The number of anilines is 1. The van der Waals surface area contributed by atoms with E-state index in [0.717, 1.165) is 38.3 Å². The van der Waals surface area contributed by atoms with Crippen LogP contribution in [0.5, 0.6) is 5.75 Å². The van der Waals surface area contributed by atoms with E-state index in [9.17, 15) is 10.2 Å². The fourth-order valence-corrected chi connectivity index (χ4v) is 2.54. The quantitative estimate of drug-likeness (QED) is 0.877. The first kappa shape index (κ1) is 14.2. The summed E-state index contributed by atoms with van der Waals surface area (Å²) in [6.07, 6.45) is 1.55. The number of aromatic hydroxyl groups is 1. The molecule has 0 bridgehead atoms. The lowest BCUT2D eigenvalue weighted by molar-refractivity contribution is 0.0685. The van der Waals surface area contributed by atoms with Crippen LogP contribution < -0.4 is 4.90 Å². The Morgan fingerprint density at radius 2 is 2.05 bits per heavy atom. The predicted molar refractivity (Wildman–Crippen MR) is 75.6 cm³/mol. The standard InChI is InChI=1S/C15H23NO3/c1-11(17)14-4-3-13(9-15(14)18)16(2)10-12-5-7-19-8-6-12/h3-4,9,11-12,17-18H,5-8,10H2,1-2H3. The van der Waals surface area contributed by atoms with E-state index < -0.39 is 6.10 Å². The van der Waals surface area contributed by atoms with Gasteiger partial charge in [-0.3, -0.25) is 0 Å². The van der Waals surface area contributed by atoms with Crippen molar-refractivity contribution in [3.8, 4) is 5.75 Å². The third kappa shape index (κ3) is 3.61. The third-order valence-electron chi connectivity index (χ3n) is 3.78. The van der Waals surface area contributed by atoms with Gasteiger partial charge < -0.3 is 19.8 Å². The minimum absolute atomic E-state index is 0.159. The van der Waals surface area contributed by atoms with Crippen molar-refractivity contribution >= 4 is 5.69 Å². The maximum Gasteiger partial charge on any atom is 0.123 e. The SMILES string of the molecule is CC(O)c1ccc(N(C)CC2CCOCC2)cc1O. The van der Waals surface area contributed by atoms with Gasteiger partial charge in [0.1, 0.15) is 5.75 Å². The first-order valence-corrected chi connectivity index (χ1v) is 6.88. The molecule has 2 rings (SSSR count). The molecule has 1 aromatic carbocycles. The van der Waals surface area contributed by atoms with Crippen LogP contribution in [0.1, 0.15) is 31.4 Å². The monoisotopic (exact) mass is 265 g/mol. The first-order valence-electron chi connectivity index (χ1n) is 6.88. The van der Waals surface area contributed by atoms with Gasteiger partial charge in [0.25, 0.3) is 0 Å². The van der Waals surface area contributed by atoms with E-state index in [4.69, 9.17) is 4.74 Å². The van der Waals surface area contributed by atoms with Crippen LogP contribution in [-0.4, -0.2) is 37.0 Å². The molecule has 0 spiro atoms. The Kier molecular flexibility index (Phi) is 4.66. The smallest absolute Gasteiger partial charge is 0.123 e.